The molecule has 0 saturated carbocycles. The predicted molar refractivity (Wildman–Crippen MR) is 99.9 cm³/mol. The lowest BCUT2D eigenvalue weighted by molar-refractivity contribution is -0.139. The molecule has 1 aliphatic rings. The third-order valence-electron chi connectivity index (χ3n) is 3.75. The minimum atomic E-state index is -0.685. The Morgan fingerprint density at radius 3 is 2.73 bits per heavy atom. The first-order chi connectivity index (χ1) is 12.3. The lowest BCUT2D eigenvalue weighted by Gasteiger charge is -2.27. The number of carbonyl (C=O) groups is 1. The number of hydrogen-bond acceptors (Lipinski definition) is 6. The van der Waals surface area contributed by atoms with Gasteiger partial charge in [-0.1, -0.05) is 6.07 Å². The van der Waals surface area contributed by atoms with Crippen LogP contribution in [0.2, 0.25) is 0 Å². The summed E-state index contributed by atoms with van der Waals surface area (Å²) in [6.07, 6.45) is -0.0332. The number of ether oxygens (including phenoxy) is 3. The van der Waals surface area contributed by atoms with E-state index in [0.717, 1.165) is 4.47 Å². The second-order valence-electron chi connectivity index (χ2n) is 5.97. The van der Waals surface area contributed by atoms with Gasteiger partial charge < -0.3 is 19.9 Å². The Morgan fingerprint density at radius 2 is 2.15 bits per heavy atom. The van der Waals surface area contributed by atoms with Gasteiger partial charge in [-0.05, 0) is 61.3 Å². The normalized spacial score (nSPS) is 17.0. The van der Waals surface area contributed by atoms with Crippen molar-refractivity contribution in [1.29, 1.82) is 5.26 Å². The van der Waals surface area contributed by atoms with Crippen molar-refractivity contribution in [2.45, 2.75) is 39.7 Å². The number of esters is 1. The number of nitrogens with two attached hydrogens (primary N) is 1. The molecule has 2 rings (SSSR count). The van der Waals surface area contributed by atoms with Gasteiger partial charge in [-0.2, -0.15) is 5.26 Å². The van der Waals surface area contributed by atoms with E-state index in [1.54, 1.807) is 19.9 Å². The Labute approximate surface area is 161 Å². The molecular formula is C19H21BrN2O4. The lowest BCUT2D eigenvalue weighted by atomic mass is 9.83. The number of halogens is 1. The zero-order valence-electron chi connectivity index (χ0n) is 15.1. The molecule has 1 aromatic rings. The molecule has 1 atom stereocenters. The molecule has 1 aliphatic heterocycles. The molecule has 7 heteroatoms. The van der Waals surface area contributed by atoms with E-state index in [-0.39, 0.29) is 29.7 Å². The van der Waals surface area contributed by atoms with Crippen LogP contribution in [0.3, 0.4) is 0 Å². The number of benzene rings is 1. The standard InChI is InChI=1S/C19H21BrN2O4/c1-5-24-19(23)16-11(4)26-18(22)13(9-21)17(16)12-6-7-14(20)15(8-12)25-10(2)3/h6-8,10,17H,5,22H2,1-4H3. The van der Waals surface area contributed by atoms with Crippen molar-refractivity contribution in [1.82, 2.24) is 0 Å². The molecule has 0 amide bonds. The van der Waals surface area contributed by atoms with E-state index in [1.807, 2.05) is 26.0 Å². The molecule has 0 aliphatic carbocycles. The Balaban J connectivity index is 2.62. The Hall–Kier alpha value is -2.46. The molecule has 138 valence electrons. The molecule has 0 bridgehead atoms. The van der Waals surface area contributed by atoms with Crippen LogP contribution in [-0.2, 0) is 14.3 Å². The molecule has 0 aromatic heterocycles. The molecule has 26 heavy (non-hydrogen) atoms. The van der Waals surface area contributed by atoms with Gasteiger partial charge in [-0.15, -0.1) is 0 Å². The molecule has 1 aromatic carbocycles. The fourth-order valence-corrected chi connectivity index (χ4v) is 3.07. The summed E-state index contributed by atoms with van der Waals surface area (Å²) >= 11 is 3.45. The summed E-state index contributed by atoms with van der Waals surface area (Å²) in [5, 5.41) is 9.60. The van der Waals surface area contributed by atoms with E-state index in [1.165, 1.54) is 0 Å². The lowest BCUT2D eigenvalue weighted by Crippen LogP contribution is -2.25. The molecule has 0 spiro atoms. The summed E-state index contributed by atoms with van der Waals surface area (Å²) in [5.41, 5.74) is 7.01. The average molecular weight is 421 g/mol. The summed E-state index contributed by atoms with van der Waals surface area (Å²) in [7, 11) is 0. The van der Waals surface area contributed by atoms with E-state index in [4.69, 9.17) is 19.9 Å². The van der Waals surface area contributed by atoms with E-state index in [0.29, 0.717) is 17.1 Å². The molecule has 2 N–H and O–H groups in total. The quantitative estimate of drug-likeness (QED) is 0.726. The van der Waals surface area contributed by atoms with Gasteiger partial charge >= 0.3 is 5.97 Å². The molecule has 0 saturated heterocycles. The fraction of sp³-hybridized carbons (Fsp3) is 0.368. The van der Waals surface area contributed by atoms with Crippen molar-refractivity contribution in [2.24, 2.45) is 5.73 Å². The van der Waals surface area contributed by atoms with E-state index < -0.39 is 11.9 Å². The molecule has 1 unspecified atom stereocenters. The number of carbonyl (C=O) groups excluding carboxylic acids is 1. The van der Waals surface area contributed by atoms with Gasteiger partial charge in [0.05, 0.1) is 28.7 Å². The smallest absolute Gasteiger partial charge is 0.338 e. The van der Waals surface area contributed by atoms with Gasteiger partial charge in [0.1, 0.15) is 23.2 Å². The second kappa shape index (κ2) is 8.28. The van der Waals surface area contributed by atoms with Gasteiger partial charge in [0.2, 0.25) is 5.88 Å². The molecule has 0 radical (unpaired) electrons. The number of allylic oxidation sites excluding steroid dienone is 2. The maximum atomic E-state index is 12.5. The first-order valence-electron chi connectivity index (χ1n) is 8.21. The van der Waals surface area contributed by atoms with Crippen LogP contribution in [0.15, 0.2) is 45.5 Å². The maximum absolute atomic E-state index is 12.5. The van der Waals surface area contributed by atoms with Crippen LogP contribution in [0, 0.1) is 11.3 Å². The van der Waals surface area contributed by atoms with Crippen LogP contribution in [0.25, 0.3) is 0 Å². The zero-order valence-corrected chi connectivity index (χ0v) is 16.7. The Morgan fingerprint density at radius 1 is 1.46 bits per heavy atom. The zero-order chi connectivity index (χ0) is 19.4. The van der Waals surface area contributed by atoms with Crippen LogP contribution < -0.4 is 10.5 Å². The third kappa shape index (κ3) is 4.02. The van der Waals surface area contributed by atoms with Gasteiger partial charge in [-0.25, -0.2) is 4.79 Å². The third-order valence-corrected chi connectivity index (χ3v) is 4.41. The minimum absolute atomic E-state index is 0.0164. The van der Waals surface area contributed by atoms with Crippen molar-refractivity contribution in [2.75, 3.05) is 6.61 Å². The summed E-state index contributed by atoms with van der Waals surface area (Å²) < 4.78 is 17.1. The van der Waals surface area contributed by atoms with E-state index in [2.05, 4.69) is 22.0 Å². The number of rotatable bonds is 5. The fourth-order valence-electron chi connectivity index (χ4n) is 2.73. The number of hydrogen-bond donors (Lipinski definition) is 1. The van der Waals surface area contributed by atoms with Crippen molar-refractivity contribution in [3.8, 4) is 11.8 Å². The molecule has 1 heterocycles. The maximum Gasteiger partial charge on any atom is 0.338 e. The first kappa shape index (κ1) is 19.9. The van der Waals surface area contributed by atoms with Crippen molar-refractivity contribution in [3.05, 3.63) is 51.0 Å². The monoisotopic (exact) mass is 420 g/mol. The number of nitriles is 1. The molecular weight excluding hydrogens is 400 g/mol. The largest absolute Gasteiger partial charge is 0.490 e. The van der Waals surface area contributed by atoms with Gasteiger partial charge in [-0.3, -0.25) is 0 Å². The second-order valence-corrected chi connectivity index (χ2v) is 6.83. The van der Waals surface area contributed by atoms with Crippen molar-refractivity contribution < 1.29 is 19.0 Å². The van der Waals surface area contributed by atoms with Crippen molar-refractivity contribution >= 4 is 21.9 Å². The highest BCUT2D eigenvalue weighted by Gasteiger charge is 2.36. The van der Waals surface area contributed by atoms with Gasteiger partial charge in [0, 0.05) is 0 Å². The van der Waals surface area contributed by atoms with Gasteiger partial charge in [0.25, 0.3) is 0 Å². The Bertz CT molecular complexity index is 821. The highest BCUT2D eigenvalue weighted by Crippen LogP contribution is 2.41. The van der Waals surface area contributed by atoms with Crippen LogP contribution in [0.5, 0.6) is 5.75 Å². The summed E-state index contributed by atoms with van der Waals surface area (Å²) in [6, 6.07) is 7.47. The summed E-state index contributed by atoms with van der Waals surface area (Å²) in [4.78, 5) is 12.5. The Kier molecular flexibility index (Phi) is 6.32. The van der Waals surface area contributed by atoms with E-state index in [9.17, 15) is 10.1 Å². The summed E-state index contributed by atoms with van der Waals surface area (Å²) in [5.74, 6) is -0.308. The first-order valence-corrected chi connectivity index (χ1v) is 9.01. The van der Waals surface area contributed by atoms with Crippen LogP contribution in [0.4, 0.5) is 0 Å². The topological polar surface area (TPSA) is 94.6 Å². The van der Waals surface area contributed by atoms with Crippen LogP contribution in [-0.4, -0.2) is 18.7 Å². The van der Waals surface area contributed by atoms with Crippen molar-refractivity contribution in [3.63, 3.8) is 0 Å². The SMILES string of the molecule is CCOC(=O)C1=C(C)OC(N)=C(C#N)C1c1ccc(Br)c(OC(C)C)c1. The molecule has 6 nitrogen and oxygen atoms in total. The average Bonchev–Trinajstić information content (AvgIpc) is 2.56. The highest BCUT2D eigenvalue weighted by atomic mass is 79.9. The van der Waals surface area contributed by atoms with Gasteiger partial charge in [0.15, 0.2) is 0 Å². The predicted octanol–water partition coefficient (Wildman–Crippen LogP) is 3.88. The van der Waals surface area contributed by atoms with Crippen LogP contribution in [0.1, 0.15) is 39.2 Å². The van der Waals surface area contributed by atoms with E-state index >= 15 is 0 Å². The van der Waals surface area contributed by atoms with Crippen LogP contribution >= 0.6 is 15.9 Å². The minimum Gasteiger partial charge on any atom is -0.490 e. The summed E-state index contributed by atoms with van der Waals surface area (Å²) in [6.45, 7) is 7.40. The highest BCUT2D eigenvalue weighted by molar-refractivity contribution is 9.10. The molecule has 0 fully saturated rings. The number of nitrogens with zero attached hydrogens (tertiary/aromatic N) is 1.